The molecule has 2 atom stereocenters. The van der Waals surface area contributed by atoms with Crippen LogP contribution in [0, 0.1) is 0 Å². The van der Waals surface area contributed by atoms with E-state index < -0.39 is 24.3 Å². The molecule has 5 heteroatoms. The maximum absolute atomic E-state index is 12.1. The highest BCUT2D eigenvalue weighted by Gasteiger charge is 2.46. The van der Waals surface area contributed by atoms with Crippen LogP contribution in [-0.2, 0) is 9.53 Å². The fourth-order valence-electron chi connectivity index (χ4n) is 2.47. The Morgan fingerprint density at radius 3 is 2.00 bits per heavy atom. The van der Waals surface area contributed by atoms with Crippen molar-refractivity contribution < 1.29 is 19.4 Å². The van der Waals surface area contributed by atoms with E-state index in [2.05, 4.69) is 0 Å². The van der Waals surface area contributed by atoms with E-state index in [1.54, 1.807) is 48.5 Å². The number of hydrogen-bond acceptors (Lipinski definition) is 3. The van der Waals surface area contributed by atoms with Gasteiger partial charge >= 0.3 is 12.1 Å². The summed E-state index contributed by atoms with van der Waals surface area (Å²) in [5.74, 6) is -0.558. The Balaban J connectivity index is 2.02. The van der Waals surface area contributed by atoms with Crippen molar-refractivity contribution in [3.05, 3.63) is 71.8 Å². The summed E-state index contributed by atoms with van der Waals surface area (Å²) >= 11 is 0. The minimum atomic E-state index is -1.19. The van der Waals surface area contributed by atoms with Crippen molar-refractivity contribution in [3.8, 4) is 0 Å². The second kappa shape index (κ2) is 5.28. The molecule has 0 radical (unpaired) electrons. The third-order valence-corrected chi connectivity index (χ3v) is 3.40. The van der Waals surface area contributed by atoms with Crippen LogP contribution in [0.2, 0.25) is 0 Å². The highest BCUT2D eigenvalue weighted by molar-refractivity contribution is 5.85. The van der Waals surface area contributed by atoms with Crippen LogP contribution in [0.25, 0.3) is 0 Å². The van der Waals surface area contributed by atoms with Gasteiger partial charge in [-0.25, -0.2) is 14.5 Å². The zero-order valence-electron chi connectivity index (χ0n) is 11.0. The topological polar surface area (TPSA) is 66.8 Å². The summed E-state index contributed by atoms with van der Waals surface area (Å²) in [4.78, 5) is 24.8. The fourth-order valence-corrected chi connectivity index (χ4v) is 2.47. The van der Waals surface area contributed by atoms with E-state index in [9.17, 15) is 14.7 Å². The molecule has 1 aliphatic heterocycles. The third kappa shape index (κ3) is 2.33. The molecule has 0 bridgehead atoms. The van der Waals surface area contributed by atoms with Gasteiger partial charge in [-0.2, -0.15) is 0 Å². The maximum atomic E-state index is 12.1. The van der Waals surface area contributed by atoms with Crippen LogP contribution in [0.1, 0.15) is 23.4 Å². The van der Waals surface area contributed by atoms with E-state index in [0.29, 0.717) is 11.1 Å². The molecule has 1 fully saturated rings. The molecule has 2 aromatic carbocycles. The summed E-state index contributed by atoms with van der Waals surface area (Å²) in [6, 6.07) is 16.7. The Hall–Kier alpha value is -2.82. The second-order valence-corrected chi connectivity index (χ2v) is 4.70. The number of esters is 1. The molecule has 1 amide bonds. The Labute approximate surface area is 121 Å². The SMILES string of the molecule is O=C1O[C@@H](c2ccccc2)N(C(=O)O)[C@@H]1c1ccccc1. The number of benzene rings is 2. The second-order valence-electron chi connectivity index (χ2n) is 4.70. The standard InChI is InChI=1S/C16H13NO4/c18-15-13(11-7-3-1-4-8-11)17(16(19)20)14(21-15)12-9-5-2-6-10-12/h1-10,13-14H,(H,19,20)/t13-,14+/m1/s1. The first-order valence-electron chi connectivity index (χ1n) is 6.50. The van der Waals surface area contributed by atoms with Gasteiger partial charge in [0.1, 0.15) is 0 Å². The quantitative estimate of drug-likeness (QED) is 0.860. The molecule has 106 valence electrons. The number of nitrogens with zero attached hydrogens (tertiary/aromatic N) is 1. The molecule has 1 aliphatic rings. The Morgan fingerprint density at radius 1 is 0.952 bits per heavy atom. The number of carboxylic acid groups (broad SMARTS) is 1. The number of amides is 1. The lowest BCUT2D eigenvalue weighted by Gasteiger charge is -2.23. The highest BCUT2D eigenvalue weighted by atomic mass is 16.6. The smallest absolute Gasteiger partial charge is 0.411 e. The van der Waals surface area contributed by atoms with Gasteiger partial charge < -0.3 is 9.84 Å². The molecule has 3 rings (SSSR count). The van der Waals surface area contributed by atoms with Gasteiger partial charge in [-0.15, -0.1) is 0 Å². The molecular weight excluding hydrogens is 270 g/mol. The van der Waals surface area contributed by atoms with E-state index >= 15 is 0 Å². The van der Waals surface area contributed by atoms with Crippen molar-refractivity contribution in [2.45, 2.75) is 12.3 Å². The summed E-state index contributed by atoms with van der Waals surface area (Å²) in [6.45, 7) is 0. The normalized spacial score (nSPS) is 21.1. The van der Waals surface area contributed by atoms with Crippen LogP contribution in [0.5, 0.6) is 0 Å². The van der Waals surface area contributed by atoms with Crippen LogP contribution in [-0.4, -0.2) is 22.1 Å². The van der Waals surface area contributed by atoms with E-state index in [4.69, 9.17) is 4.74 Å². The Kier molecular flexibility index (Phi) is 3.31. The van der Waals surface area contributed by atoms with Gasteiger partial charge in [0.25, 0.3) is 0 Å². The predicted molar refractivity (Wildman–Crippen MR) is 74.3 cm³/mol. The third-order valence-electron chi connectivity index (χ3n) is 3.40. The van der Waals surface area contributed by atoms with Crippen LogP contribution in [0.15, 0.2) is 60.7 Å². The summed E-state index contributed by atoms with van der Waals surface area (Å²) in [5, 5.41) is 9.49. The summed E-state index contributed by atoms with van der Waals surface area (Å²) in [7, 11) is 0. The molecule has 0 aliphatic carbocycles. The van der Waals surface area contributed by atoms with Crippen molar-refractivity contribution in [3.63, 3.8) is 0 Å². The van der Waals surface area contributed by atoms with Gasteiger partial charge in [0.05, 0.1) is 0 Å². The van der Waals surface area contributed by atoms with Crippen molar-refractivity contribution in [2.75, 3.05) is 0 Å². The summed E-state index contributed by atoms with van der Waals surface area (Å²) in [5.41, 5.74) is 1.23. The Morgan fingerprint density at radius 2 is 1.48 bits per heavy atom. The molecular formula is C16H13NO4. The molecule has 2 aromatic rings. The first kappa shape index (κ1) is 13.2. The number of cyclic esters (lactones) is 1. The average molecular weight is 283 g/mol. The molecule has 5 nitrogen and oxygen atoms in total. The number of carbonyl (C=O) groups excluding carboxylic acids is 1. The lowest BCUT2D eigenvalue weighted by molar-refractivity contribution is -0.143. The first-order chi connectivity index (χ1) is 10.2. The zero-order valence-corrected chi connectivity index (χ0v) is 11.0. The lowest BCUT2D eigenvalue weighted by Crippen LogP contribution is -2.32. The zero-order chi connectivity index (χ0) is 14.8. The first-order valence-corrected chi connectivity index (χ1v) is 6.50. The van der Waals surface area contributed by atoms with Crippen LogP contribution < -0.4 is 0 Å². The summed E-state index contributed by atoms with van der Waals surface area (Å²) < 4.78 is 5.29. The van der Waals surface area contributed by atoms with Crippen molar-refractivity contribution >= 4 is 12.1 Å². The van der Waals surface area contributed by atoms with Gasteiger partial charge in [-0.1, -0.05) is 60.7 Å². The van der Waals surface area contributed by atoms with Crippen LogP contribution in [0.3, 0.4) is 0 Å². The molecule has 1 saturated heterocycles. The van der Waals surface area contributed by atoms with Crippen molar-refractivity contribution in [2.24, 2.45) is 0 Å². The van der Waals surface area contributed by atoms with Crippen molar-refractivity contribution in [1.29, 1.82) is 0 Å². The largest absolute Gasteiger partial charge is 0.465 e. The van der Waals surface area contributed by atoms with Crippen LogP contribution in [0.4, 0.5) is 4.79 Å². The minimum absolute atomic E-state index is 0.558. The molecule has 21 heavy (non-hydrogen) atoms. The highest BCUT2D eigenvalue weighted by Crippen LogP contribution is 2.39. The van der Waals surface area contributed by atoms with E-state index in [-0.39, 0.29) is 0 Å². The van der Waals surface area contributed by atoms with Gasteiger partial charge in [0.15, 0.2) is 6.04 Å². The number of carbonyl (C=O) groups is 2. The molecule has 1 N–H and O–H groups in total. The molecule has 0 unspecified atom stereocenters. The summed E-state index contributed by atoms with van der Waals surface area (Å²) in [6.07, 6.45) is -2.11. The number of hydrogen-bond donors (Lipinski definition) is 1. The van der Waals surface area contributed by atoms with Gasteiger partial charge in [0, 0.05) is 5.56 Å². The molecule has 0 saturated carbocycles. The molecule has 1 heterocycles. The van der Waals surface area contributed by atoms with E-state index in [1.807, 2.05) is 12.1 Å². The minimum Gasteiger partial charge on any atom is -0.465 e. The average Bonchev–Trinajstić information content (AvgIpc) is 2.87. The number of rotatable bonds is 2. The fraction of sp³-hybridized carbons (Fsp3) is 0.125. The van der Waals surface area contributed by atoms with Gasteiger partial charge in [-0.05, 0) is 5.56 Å². The van der Waals surface area contributed by atoms with Gasteiger partial charge in [0.2, 0.25) is 6.23 Å². The van der Waals surface area contributed by atoms with Crippen LogP contribution >= 0.6 is 0 Å². The predicted octanol–water partition coefficient (Wildman–Crippen LogP) is 2.96. The van der Waals surface area contributed by atoms with Gasteiger partial charge in [-0.3, -0.25) is 0 Å². The monoisotopic (exact) mass is 283 g/mol. The van der Waals surface area contributed by atoms with E-state index in [0.717, 1.165) is 4.90 Å². The molecule has 0 spiro atoms. The molecule has 0 aromatic heterocycles. The lowest BCUT2D eigenvalue weighted by atomic mass is 10.1. The van der Waals surface area contributed by atoms with E-state index in [1.165, 1.54) is 0 Å². The number of ether oxygens (including phenoxy) is 1. The maximum Gasteiger partial charge on any atom is 0.411 e. The Bertz CT molecular complexity index is 656. The van der Waals surface area contributed by atoms with Crippen molar-refractivity contribution in [1.82, 2.24) is 4.90 Å².